The zero-order chi connectivity index (χ0) is 22.0. The van der Waals surface area contributed by atoms with Crippen LogP contribution in [-0.4, -0.2) is 23.3 Å². The third-order valence-electron chi connectivity index (χ3n) is 5.45. The molecule has 4 rings (SSSR count). The predicted molar refractivity (Wildman–Crippen MR) is 125 cm³/mol. The second kappa shape index (κ2) is 8.78. The molecule has 5 heteroatoms. The molecule has 0 saturated carbocycles. The Morgan fingerprint density at radius 1 is 0.871 bits per heavy atom. The van der Waals surface area contributed by atoms with Gasteiger partial charge in [0, 0.05) is 18.1 Å². The Kier molecular flexibility index (Phi) is 5.92. The summed E-state index contributed by atoms with van der Waals surface area (Å²) < 4.78 is 0. The van der Waals surface area contributed by atoms with Crippen molar-refractivity contribution in [2.45, 2.75) is 20.4 Å². The lowest BCUT2D eigenvalue weighted by molar-refractivity contribution is -0.120. The number of halogens is 1. The van der Waals surface area contributed by atoms with Crippen LogP contribution in [0.15, 0.2) is 84.6 Å². The SMILES string of the molecule is CCN(Cc1ccccc1)C1=C(c2ccccc2)C(=O)N(c2cc(Cl)ccc2C)C1=O. The fourth-order valence-electron chi connectivity index (χ4n) is 3.87. The van der Waals surface area contributed by atoms with Gasteiger partial charge >= 0.3 is 0 Å². The molecule has 3 aromatic carbocycles. The van der Waals surface area contributed by atoms with Gasteiger partial charge in [-0.05, 0) is 42.7 Å². The van der Waals surface area contributed by atoms with Crippen LogP contribution in [-0.2, 0) is 16.1 Å². The van der Waals surface area contributed by atoms with Crippen LogP contribution in [0, 0.1) is 6.92 Å². The summed E-state index contributed by atoms with van der Waals surface area (Å²) in [6.07, 6.45) is 0. The van der Waals surface area contributed by atoms with Crippen molar-refractivity contribution in [2.24, 2.45) is 0 Å². The second-order valence-corrected chi connectivity index (χ2v) is 7.90. The zero-order valence-corrected chi connectivity index (χ0v) is 18.3. The lowest BCUT2D eigenvalue weighted by Gasteiger charge is -2.25. The molecule has 0 unspecified atom stereocenters. The van der Waals surface area contributed by atoms with Crippen molar-refractivity contribution >= 4 is 34.7 Å². The monoisotopic (exact) mass is 430 g/mol. The summed E-state index contributed by atoms with van der Waals surface area (Å²) in [7, 11) is 0. The van der Waals surface area contributed by atoms with E-state index in [1.807, 2.05) is 85.5 Å². The number of imide groups is 1. The van der Waals surface area contributed by atoms with Gasteiger partial charge in [-0.1, -0.05) is 78.3 Å². The molecule has 31 heavy (non-hydrogen) atoms. The Labute approximate surface area is 187 Å². The van der Waals surface area contributed by atoms with E-state index in [1.165, 1.54) is 4.90 Å². The molecule has 0 spiro atoms. The van der Waals surface area contributed by atoms with Crippen LogP contribution in [0.1, 0.15) is 23.6 Å². The van der Waals surface area contributed by atoms with Gasteiger partial charge in [0.25, 0.3) is 11.8 Å². The number of carbonyl (C=O) groups is 2. The molecule has 0 atom stereocenters. The molecule has 0 bridgehead atoms. The van der Waals surface area contributed by atoms with Gasteiger partial charge in [0.1, 0.15) is 5.70 Å². The molecule has 0 aromatic heterocycles. The molecule has 1 aliphatic rings. The summed E-state index contributed by atoms with van der Waals surface area (Å²) in [4.78, 5) is 30.6. The number of hydrogen-bond acceptors (Lipinski definition) is 3. The molecule has 0 radical (unpaired) electrons. The highest BCUT2D eigenvalue weighted by Crippen LogP contribution is 2.37. The van der Waals surface area contributed by atoms with Gasteiger partial charge in [-0.15, -0.1) is 0 Å². The number of aryl methyl sites for hydroxylation is 1. The minimum Gasteiger partial charge on any atom is -0.362 e. The van der Waals surface area contributed by atoms with E-state index in [0.29, 0.717) is 35.1 Å². The molecule has 156 valence electrons. The zero-order valence-electron chi connectivity index (χ0n) is 17.5. The first-order chi connectivity index (χ1) is 15.0. The van der Waals surface area contributed by atoms with Crippen LogP contribution >= 0.6 is 11.6 Å². The first-order valence-corrected chi connectivity index (χ1v) is 10.6. The van der Waals surface area contributed by atoms with Gasteiger partial charge in [-0.25, -0.2) is 4.90 Å². The van der Waals surface area contributed by atoms with E-state index in [0.717, 1.165) is 16.7 Å². The van der Waals surface area contributed by atoms with Crippen molar-refractivity contribution in [2.75, 3.05) is 11.4 Å². The summed E-state index contributed by atoms with van der Waals surface area (Å²) in [6, 6.07) is 24.6. The van der Waals surface area contributed by atoms with Crippen LogP contribution < -0.4 is 4.90 Å². The molecule has 0 aliphatic carbocycles. The summed E-state index contributed by atoms with van der Waals surface area (Å²) in [6.45, 7) is 4.98. The molecule has 1 aliphatic heterocycles. The summed E-state index contributed by atoms with van der Waals surface area (Å²) in [5.74, 6) is -0.657. The minimum atomic E-state index is -0.330. The number of anilines is 1. The average Bonchev–Trinajstić information content (AvgIpc) is 3.05. The topological polar surface area (TPSA) is 40.6 Å². The van der Waals surface area contributed by atoms with Crippen molar-refractivity contribution in [3.8, 4) is 0 Å². The van der Waals surface area contributed by atoms with Gasteiger partial charge in [0.15, 0.2) is 0 Å². The van der Waals surface area contributed by atoms with Crippen LogP contribution in [0.25, 0.3) is 5.57 Å². The largest absolute Gasteiger partial charge is 0.362 e. The maximum absolute atomic E-state index is 13.7. The molecule has 2 amide bonds. The van der Waals surface area contributed by atoms with Gasteiger partial charge in [-0.2, -0.15) is 0 Å². The quantitative estimate of drug-likeness (QED) is 0.488. The van der Waals surface area contributed by atoms with E-state index in [2.05, 4.69) is 0 Å². The second-order valence-electron chi connectivity index (χ2n) is 7.47. The Bertz CT molecular complexity index is 1160. The van der Waals surface area contributed by atoms with Crippen LogP contribution in [0.4, 0.5) is 5.69 Å². The Morgan fingerprint density at radius 3 is 2.16 bits per heavy atom. The molecule has 0 fully saturated rings. The van der Waals surface area contributed by atoms with Gasteiger partial charge in [-0.3, -0.25) is 9.59 Å². The number of amides is 2. The van der Waals surface area contributed by atoms with E-state index in [9.17, 15) is 9.59 Å². The fraction of sp³-hybridized carbons (Fsp3) is 0.154. The molecular weight excluding hydrogens is 408 g/mol. The maximum atomic E-state index is 13.7. The number of benzene rings is 3. The minimum absolute atomic E-state index is 0.327. The van der Waals surface area contributed by atoms with Gasteiger partial charge < -0.3 is 4.90 Å². The summed E-state index contributed by atoms with van der Waals surface area (Å²) in [5.41, 5.74) is 3.96. The Balaban J connectivity index is 1.85. The third kappa shape index (κ3) is 3.99. The van der Waals surface area contributed by atoms with Crippen molar-refractivity contribution in [3.63, 3.8) is 0 Å². The highest BCUT2D eigenvalue weighted by molar-refractivity contribution is 6.45. The van der Waals surface area contributed by atoms with Crippen molar-refractivity contribution in [3.05, 3.63) is 106 Å². The van der Waals surface area contributed by atoms with Crippen LogP contribution in [0.3, 0.4) is 0 Å². The number of rotatable bonds is 6. The van der Waals surface area contributed by atoms with Crippen LogP contribution in [0.2, 0.25) is 5.02 Å². The average molecular weight is 431 g/mol. The van der Waals surface area contributed by atoms with Crippen LogP contribution in [0.5, 0.6) is 0 Å². The third-order valence-corrected chi connectivity index (χ3v) is 5.68. The lowest BCUT2D eigenvalue weighted by atomic mass is 10.0. The van der Waals surface area contributed by atoms with E-state index in [-0.39, 0.29) is 11.8 Å². The smallest absolute Gasteiger partial charge is 0.282 e. The molecule has 0 saturated heterocycles. The highest BCUT2D eigenvalue weighted by atomic mass is 35.5. The van der Waals surface area contributed by atoms with E-state index in [4.69, 9.17) is 11.6 Å². The van der Waals surface area contributed by atoms with Crippen molar-refractivity contribution in [1.82, 2.24) is 4.90 Å². The Morgan fingerprint density at radius 2 is 1.52 bits per heavy atom. The normalized spacial score (nSPS) is 13.8. The first-order valence-electron chi connectivity index (χ1n) is 10.2. The molecule has 1 heterocycles. The summed E-state index contributed by atoms with van der Waals surface area (Å²) in [5, 5.41) is 0.479. The fourth-order valence-corrected chi connectivity index (χ4v) is 4.04. The van der Waals surface area contributed by atoms with E-state index in [1.54, 1.807) is 12.1 Å². The lowest BCUT2D eigenvalue weighted by Crippen LogP contribution is -2.35. The molecule has 0 N–H and O–H groups in total. The molecular formula is C26H23ClN2O2. The number of carbonyl (C=O) groups excluding carboxylic acids is 2. The maximum Gasteiger partial charge on any atom is 0.282 e. The van der Waals surface area contributed by atoms with Crippen molar-refractivity contribution < 1.29 is 9.59 Å². The summed E-state index contributed by atoms with van der Waals surface area (Å²) >= 11 is 6.20. The standard InChI is InChI=1S/C26H23ClN2O2/c1-3-28(17-19-10-6-4-7-11-19)24-23(20-12-8-5-9-13-20)25(30)29(26(24)31)22-16-21(27)15-14-18(22)2/h4-16H,3,17H2,1-2H3. The Hall–Kier alpha value is -3.37. The molecule has 3 aromatic rings. The highest BCUT2D eigenvalue weighted by Gasteiger charge is 2.42. The first kappa shape index (κ1) is 20.9. The van der Waals surface area contributed by atoms with E-state index < -0.39 is 0 Å². The van der Waals surface area contributed by atoms with E-state index >= 15 is 0 Å². The van der Waals surface area contributed by atoms with Gasteiger partial charge in [0.2, 0.25) is 0 Å². The van der Waals surface area contributed by atoms with Crippen molar-refractivity contribution in [1.29, 1.82) is 0 Å². The number of nitrogens with zero attached hydrogens (tertiary/aromatic N) is 2. The number of likely N-dealkylation sites (N-methyl/N-ethyl adjacent to an activating group) is 1. The number of hydrogen-bond donors (Lipinski definition) is 0. The predicted octanol–water partition coefficient (Wildman–Crippen LogP) is 5.46. The van der Waals surface area contributed by atoms with Gasteiger partial charge in [0.05, 0.1) is 11.3 Å². The molecule has 4 nitrogen and oxygen atoms in total.